The summed E-state index contributed by atoms with van der Waals surface area (Å²) in [5.41, 5.74) is 0. The van der Waals surface area contributed by atoms with E-state index >= 15 is 0 Å². The number of nitrogens with one attached hydrogen (secondary N) is 1. The van der Waals surface area contributed by atoms with E-state index in [1.807, 2.05) is 6.08 Å². The zero-order valence-corrected chi connectivity index (χ0v) is 47.2. The fourth-order valence-corrected chi connectivity index (χ4v) is 10.0. The third kappa shape index (κ3) is 41.6. The molecule has 1 amide bonds. The summed E-state index contributed by atoms with van der Waals surface area (Å²) in [5, 5.41) is 54.5. The maximum absolute atomic E-state index is 13.1. The van der Waals surface area contributed by atoms with E-state index in [0.29, 0.717) is 6.42 Å². The Morgan fingerprint density at radius 1 is 0.458 bits per heavy atom. The van der Waals surface area contributed by atoms with Crippen LogP contribution in [0.3, 0.4) is 0 Å². The van der Waals surface area contributed by atoms with E-state index in [1.165, 1.54) is 238 Å². The third-order valence-corrected chi connectivity index (χ3v) is 14.9. The molecular formula is C63H119NO8. The van der Waals surface area contributed by atoms with Crippen LogP contribution in [-0.2, 0) is 14.3 Å². The van der Waals surface area contributed by atoms with Crippen molar-refractivity contribution in [1.82, 2.24) is 5.32 Å². The number of hydrogen-bond acceptors (Lipinski definition) is 8. The average Bonchev–Trinajstić information content (AvgIpc) is 3.38. The van der Waals surface area contributed by atoms with E-state index < -0.39 is 49.5 Å². The molecule has 9 heteroatoms. The smallest absolute Gasteiger partial charge is 0.220 e. The molecule has 0 aliphatic carbocycles. The molecule has 0 saturated carbocycles. The van der Waals surface area contributed by atoms with Crippen LogP contribution in [0.1, 0.15) is 303 Å². The number of allylic oxidation sites excluding steroid dienone is 5. The van der Waals surface area contributed by atoms with Gasteiger partial charge in [-0.05, 0) is 44.9 Å². The molecule has 0 aromatic heterocycles. The van der Waals surface area contributed by atoms with Gasteiger partial charge in [0.2, 0.25) is 5.91 Å². The van der Waals surface area contributed by atoms with Gasteiger partial charge >= 0.3 is 0 Å². The number of carbonyl (C=O) groups is 1. The number of amides is 1. The summed E-state index contributed by atoms with van der Waals surface area (Å²) in [4.78, 5) is 13.1. The van der Waals surface area contributed by atoms with Crippen molar-refractivity contribution in [1.29, 1.82) is 0 Å². The number of aliphatic hydroxyl groups excluding tert-OH is 5. The lowest BCUT2D eigenvalue weighted by molar-refractivity contribution is -0.302. The van der Waals surface area contributed by atoms with Gasteiger partial charge in [0.15, 0.2) is 6.29 Å². The minimum atomic E-state index is -1.57. The van der Waals surface area contributed by atoms with Gasteiger partial charge in [-0.2, -0.15) is 0 Å². The molecule has 424 valence electrons. The Morgan fingerprint density at radius 3 is 1.17 bits per heavy atom. The van der Waals surface area contributed by atoms with Crippen molar-refractivity contribution in [3.05, 3.63) is 36.5 Å². The molecule has 9 nitrogen and oxygen atoms in total. The predicted octanol–water partition coefficient (Wildman–Crippen LogP) is 15.9. The highest BCUT2D eigenvalue weighted by Gasteiger charge is 2.44. The van der Waals surface area contributed by atoms with Crippen LogP contribution in [0, 0.1) is 0 Å². The Balaban J connectivity index is 2.20. The van der Waals surface area contributed by atoms with Gasteiger partial charge in [0.25, 0.3) is 0 Å². The molecule has 0 aromatic carbocycles. The van der Waals surface area contributed by atoms with E-state index in [2.05, 4.69) is 43.5 Å². The van der Waals surface area contributed by atoms with Gasteiger partial charge in [-0.25, -0.2) is 0 Å². The Hall–Kier alpha value is -1.59. The summed E-state index contributed by atoms with van der Waals surface area (Å²) >= 11 is 0. The molecular weight excluding hydrogens is 899 g/mol. The highest BCUT2D eigenvalue weighted by Crippen LogP contribution is 2.23. The fourth-order valence-electron chi connectivity index (χ4n) is 10.0. The fraction of sp³-hybridized carbons (Fsp3) is 0.889. The van der Waals surface area contributed by atoms with Crippen molar-refractivity contribution >= 4 is 5.91 Å². The van der Waals surface area contributed by atoms with Crippen LogP contribution in [-0.4, -0.2) is 87.5 Å². The second-order valence-electron chi connectivity index (χ2n) is 21.8. The normalized spacial score (nSPS) is 19.3. The topological polar surface area (TPSA) is 149 Å². The molecule has 1 saturated heterocycles. The van der Waals surface area contributed by atoms with Crippen LogP contribution in [0.5, 0.6) is 0 Å². The van der Waals surface area contributed by atoms with Gasteiger partial charge < -0.3 is 40.3 Å². The van der Waals surface area contributed by atoms with Gasteiger partial charge in [-0.3, -0.25) is 4.79 Å². The minimum absolute atomic E-state index is 0.186. The van der Waals surface area contributed by atoms with Crippen molar-refractivity contribution in [2.45, 2.75) is 346 Å². The van der Waals surface area contributed by atoms with Crippen LogP contribution in [0.25, 0.3) is 0 Å². The van der Waals surface area contributed by atoms with E-state index in [-0.39, 0.29) is 12.5 Å². The van der Waals surface area contributed by atoms with E-state index in [4.69, 9.17) is 9.47 Å². The minimum Gasteiger partial charge on any atom is -0.394 e. The molecule has 1 fully saturated rings. The van der Waals surface area contributed by atoms with Crippen molar-refractivity contribution in [2.24, 2.45) is 0 Å². The maximum atomic E-state index is 13.1. The Morgan fingerprint density at radius 2 is 0.792 bits per heavy atom. The maximum Gasteiger partial charge on any atom is 0.220 e. The van der Waals surface area contributed by atoms with E-state index in [0.717, 1.165) is 44.9 Å². The van der Waals surface area contributed by atoms with Crippen molar-refractivity contribution in [3.8, 4) is 0 Å². The zero-order valence-electron chi connectivity index (χ0n) is 47.2. The summed E-state index contributed by atoms with van der Waals surface area (Å²) < 4.78 is 11.3. The lowest BCUT2D eigenvalue weighted by atomic mass is 9.99. The third-order valence-electron chi connectivity index (χ3n) is 14.9. The van der Waals surface area contributed by atoms with Gasteiger partial charge in [-0.15, -0.1) is 0 Å². The number of ether oxygens (including phenoxy) is 2. The van der Waals surface area contributed by atoms with E-state index in [9.17, 15) is 30.3 Å². The van der Waals surface area contributed by atoms with Crippen LogP contribution >= 0.6 is 0 Å². The summed E-state index contributed by atoms with van der Waals surface area (Å²) in [6.07, 6.45) is 62.4. The highest BCUT2D eigenvalue weighted by atomic mass is 16.7. The van der Waals surface area contributed by atoms with Gasteiger partial charge in [0.05, 0.1) is 25.4 Å². The molecule has 1 aliphatic rings. The number of hydrogen-bond donors (Lipinski definition) is 6. The van der Waals surface area contributed by atoms with Crippen molar-refractivity contribution in [2.75, 3.05) is 13.2 Å². The molecule has 1 aliphatic heterocycles. The van der Waals surface area contributed by atoms with Crippen molar-refractivity contribution < 1.29 is 39.8 Å². The first kappa shape index (κ1) is 68.4. The van der Waals surface area contributed by atoms with Crippen LogP contribution < -0.4 is 5.32 Å². The standard InChI is InChI=1S/C63H119NO8/c1-3-5-7-9-11-13-15-17-19-21-23-24-25-26-27-28-29-30-31-32-33-34-35-36-38-40-42-44-46-48-50-52-57(66)56(55-71-63-62(70)61(69)60(68)58(54-65)72-63)64-59(67)53-51-49-47-45-43-41-39-37-22-20-18-16-14-12-10-8-6-4-2/h35-36,42,44,50,52,56-58,60-63,65-66,68-70H,3-34,37-41,43,45-49,51,53-55H2,1-2H3,(H,64,67)/b36-35+,44-42+,52-50+. The van der Waals surface area contributed by atoms with Crippen LogP contribution in [0.15, 0.2) is 36.5 Å². The summed E-state index contributed by atoms with van der Waals surface area (Å²) in [7, 11) is 0. The predicted molar refractivity (Wildman–Crippen MR) is 304 cm³/mol. The Bertz CT molecular complexity index is 1230. The lowest BCUT2D eigenvalue weighted by Crippen LogP contribution is -2.60. The molecule has 72 heavy (non-hydrogen) atoms. The molecule has 0 spiro atoms. The Kier molecular flexibility index (Phi) is 50.2. The highest BCUT2D eigenvalue weighted by molar-refractivity contribution is 5.76. The largest absolute Gasteiger partial charge is 0.394 e. The number of carbonyl (C=O) groups excluding carboxylic acids is 1. The first-order chi connectivity index (χ1) is 35.3. The molecule has 7 atom stereocenters. The summed E-state index contributed by atoms with van der Waals surface area (Å²) in [6.45, 7) is 3.80. The average molecular weight is 1020 g/mol. The molecule has 1 rings (SSSR count). The Labute approximate surface area is 444 Å². The molecule has 0 radical (unpaired) electrons. The first-order valence-corrected chi connectivity index (χ1v) is 31.2. The van der Waals surface area contributed by atoms with Crippen molar-refractivity contribution in [3.63, 3.8) is 0 Å². The van der Waals surface area contributed by atoms with Gasteiger partial charge in [-0.1, -0.05) is 288 Å². The summed E-state index contributed by atoms with van der Waals surface area (Å²) in [5.74, 6) is -0.186. The first-order valence-electron chi connectivity index (χ1n) is 31.2. The second-order valence-corrected chi connectivity index (χ2v) is 21.8. The number of aliphatic hydroxyl groups is 5. The second kappa shape index (κ2) is 52.8. The van der Waals surface area contributed by atoms with Gasteiger partial charge in [0.1, 0.15) is 24.4 Å². The monoisotopic (exact) mass is 1020 g/mol. The van der Waals surface area contributed by atoms with Crippen LogP contribution in [0.2, 0.25) is 0 Å². The SMILES string of the molecule is CCCCCCCCCCCCCCCCCCCCCCC/C=C/CC/C=C/CC/C=C/C(O)C(COC1OC(CO)C(O)C(O)C1O)NC(=O)CCCCCCCCCCCCCCCCCCCC. The quantitative estimate of drug-likeness (QED) is 0.0261. The number of unbranched alkanes of at least 4 members (excludes halogenated alkanes) is 40. The zero-order chi connectivity index (χ0) is 52.2. The molecule has 6 N–H and O–H groups in total. The molecule has 7 unspecified atom stereocenters. The number of rotatable bonds is 54. The summed E-state index contributed by atoms with van der Waals surface area (Å²) in [6, 6.07) is -0.826. The molecule has 0 bridgehead atoms. The molecule has 0 aromatic rings. The van der Waals surface area contributed by atoms with Gasteiger partial charge in [0, 0.05) is 6.42 Å². The van der Waals surface area contributed by atoms with E-state index in [1.54, 1.807) is 6.08 Å². The van der Waals surface area contributed by atoms with Crippen LogP contribution in [0.4, 0.5) is 0 Å². The lowest BCUT2D eigenvalue weighted by Gasteiger charge is -2.40. The molecule has 1 heterocycles.